The second-order valence-electron chi connectivity index (χ2n) is 6.29. The van der Waals surface area contributed by atoms with Crippen molar-refractivity contribution in [3.05, 3.63) is 23.8 Å². The maximum Gasteiger partial charge on any atom is 0.123 e. The Morgan fingerprint density at radius 1 is 1.19 bits per heavy atom. The molecule has 21 heavy (non-hydrogen) atoms. The van der Waals surface area contributed by atoms with E-state index >= 15 is 0 Å². The summed E-state index contributed by atoms with van der Waals surface area (Å²) in [4.78, 5) is 2.52. The van der Waals surface area contributed by atoms with Crippen LogP contribution >= 0.6 is 0 Å². The van der Waals surface area contributed by atoms with Crippen molar-refractivity contribution in [1.29, 1.82) is 0 Å². The molecular formula is C17H28N2O2. The Balaban J connectivity index is 2.12. The van der Waals surface area contributed by atoms with Crippen molar-refractivity contribution in [2.45, 2.75) is 38.8 Å². The van der Waals surface area contributed by atoms with E-state index in [1.54, 1.807) is 14.2 Å². The molecule has 0 aromatic heterocycles. The van der Waals surface area contributed by atoms with Gasteiger partial charge in [-0.15, -0.1) is 0 Å². The first-order chi connectivity index (χ1) is 10.0. The molecule has 1 aromatic rings. The van der Waals surface area contributed by atoms with Crippen LogP contribution in [0.1, 0.15) is 38.3 Å². The van der Waals surface area contributed by atoms with Gasteiger partial charge in [0.15, 0.2) is 0 Å². The van der Waals surface area contributed by atoms with E-state index in [2.05, 4.69) is 18.7 Å². The number of hydrogen-bond donors (Lipinski definition) is 1. The van der Waals surface area contributed by atoms with E-state index in [0.29, 0.717) is 5.92 Å². The molecule has 1 atom stereocenters. The quantitative estimate of drug-likeness (QED) is 0.800. The van der Waals surface area contributed by atoms with Crippen molar-refractivity contribution in [3.63, 3.8) is 0 Å². The molecule has 4 heteroatoms. The summed E-state index contributed by atoms with van der Waals surface area (Å²) in [6.07, 6.45) is 2.60. The predicted octanol–water partition coefficient (Wildman–Crippen LogP) is 2.82. The average Bonchev–Trinajstić information content (AvgIpc) is 3.29. The second kappa shape index (κ2) is 7.14. The number of nitrogens with zero attached hydrogens (tertiary/aromatic N) is 1. The summed E-state index contributed by atoms with van der Waals surface area (Å²) in [5, 5.41) is 0. The molecule has 0 spiro atoms. The van der Waals surface area contributed by atoms with Gasteiger partial charge in [0.25, 0.3) is 0 Å². The lowest BCUT2D eigenvalue weighted by atomic mass is 10.0. The van der Waals surface area contributed by atoms with Gasteiger partial charge in [0, 0.05) is 30.7 Å². The van der Waals surface area contributed by atoms with E-state index in [4.69, 9.17) is 15.2 Å². The Morgan fingerprint density at radius 2 is 1.90 bits per heavy atom. The van der Waals surface area contributed by atoms with Crippen LogP contribution in [0.2, 0.25) is 0 Å². The van der Waals surface area contributed by atoms with Crippen molar-refractivity contribution in [3.8, 4) is 11.5 Å². The van der Waals surface area contributed by atoms with Crippen LogP contribution in [0.4, 0.5) is 0 Å². The highest BCUT2D eigenvalue weighted by Gasteiger charge is 2.31. The Bertz CT molecular complexity index is 458. The molecule has 1 aromatic carbocycles. The molecule has 118 valence electrons. The fourth-order valence-corrected chi connectivity index (χ4v) is 2.76. The van der Waals surface area contributed by atoms with Gasteiger partial charge in [-0.3, -0.25) is 4.90 Å². The van der Waals surface area contributed by atoms with E-state index in [9.17, 15) is 0 Å². The van der Waals surface area contributed by atoms with Gasteiger partial charge in [-0.25, -0.2) is 0 Å². The molecule has 1 unspecified atom stereocenters. The van der Waals surface area contributed by atoms with Crippen LogP contribution in [0, 0.1) is 5.92 Å². The van der Waals surface area contributed by atoms with Gasteiger partial charge >= 0.3 is 0 Å². The molecular weight excluding hydrogens is 264 g/mol. The predicted molar refractivity (Wildman–Crippen MR) is 85.9 cm³/mol. The Kier molecular flexibility index (Phi) is 5.48. The van der Waals surface area contributed by atoms with Gasteiger partial charge in [-0.2, -0.15) is 0 Å². The second-order valence-corrected chi connectivity index (χ2v) is 6.29. The lowest BCUT2D eigenvalue weighted by Crippen LogP contribution is -2.36. The van der Waals surface area contributed by atoms with Crippen LogP contribution in [0.5, 0.6) is 11.5 Å². The lowest BCUT2D eigenvalue weighted by Gasteiger charge is -2.28. The molecule has 1 saturated carbocycles. The molecule has 0 aliphatic heterocycles. The zero-order valence-electron chi connectivity index (χ0n) is 13.6. The normalized spacial score (nSPS) is 16.3. The first kappa shape index (κ1) is 16.1. The van der Waals surface area contributed by atoms with Crippen LogP contribution in [0.3, 0.4) is 0 Å². The smallest absolute Gasteiger partial charge is 0.123 e. The number of rotatable bonds is 8. The minimum atomic E-state index is -0.0607. The molecule has 0 amide bonds. The average molecular weight is 292 g/mol. The van der Waals surface area contributed by atoms with Crippen LogP contribution in [0.25, 0.3) is 0 Å². The van der Waals surface area contributed by atoms with E-state index in [0.717, 1.165) is 36.2 Å². The van der Waals surface area contributed by atoms with Gasteiger partial charge in [0.05, 0.1) is 14.2 Å². The molecule has 2 N–H and O–H groups in total. The van der Waals surface area contributed by atoms with Crippen molar-refractivity contribution in [1.82, 2.24) is 4.90 Å². The van der Waals surface area contributed by atoms with Gasteiger partial charge in [0.1, 0.15) is 11.5 Å². The Morgan fingerprint density at radius 3 is 2.43 bits per heavy atom. The fourth-order valence-electron chi connectivity index (χ4n) is 2.76. The molecule has 2 rings (SSSR count). The van der Waals surface area contributed by atoms with Crippen molar-refractivity contribution in [2.24, 2.45) is 11.7 Å². The zero-order chi connectivity index (χ0) is 15.4. The summed E-state index contributed by atoms with van der Waals surface area (Å²) in [6.45, 7) is 6.48. The summed E-state index contributed by atoms with van der Waals surface area (Å²) >= 11 is 0. The maximum atomic E-state index is 6.46. The summed E-state index contributed by atoms with van der Waals surface area (Å²) in [5.41, 5.74) is 7.48. The minimum absolute atomic E-state index is 0.0607. The van der Waals surface area contributed by atoms with Crippen LogP contribution in [0.15, 0.2) is 18.2 Å². The highest BCUT2D eigenvalue weighted by atomic mass is 16.5. The minimum Gasteiger partial charge on any atom is -0.497 e. The summed E-state index contributed by atoms with van der Waals surface area (Å²) in [5.74, 6) is 2.32. The Labute approximate surface area is 128 Å². The van der Waals surface area contributed by atoms with Gasteiger partial charge < -0.3 is 15.2 Å². The maximum absolute atomic E-state index is 6.46. The van der Waals surface area contributed by atoms with E-state index in [1.807, 2.05) is 18.2 Å². The number of nitrogens with two attached hydrogens (primary N) is 1. The van der Waals surface area contributed by atoms with E-state index in [-0.39, 0.29) is 6.04 Å². The number of ether oxygens (including phenoxy) is 2. The van der Waals surface area contributed by atoms with Crippen LogP contribution in [-0.2, 0) is 0 Å². The Hall–Kier alpha value is -1.26. The first-order valence-corrected chi connectivity index (χ1v) is 7.76. The number of methoxy groups -OCH3 is 2. The monoisotopic (exact) mass is 292 g/mol. The molecule has 0 bridgehead atoms. The summed E-state index contributed by atoms with van der Waals surface area (Å²) in [7, 11) is 3.36. The summed E-state index contributed by atoms with van der Waals surface area (Å²) in [6, 6.07) is 6.48. The molecule has 0 radical (unpaired) electrons. The largest absolute Gasteiger partial charge is 0.497 e. The zero-order valence-corrected chi connectivity index (χ0v) is 13.6. The van der Waals surface area contributed by atoms with Crippen LogP contribution < -0.4 is 15.2 Å². The van der Waals surface area contributed by atoms with Gasteiger partial charge in [-0.05, 0) is 37.0 Å². The van der Waals surface area contributed by atoms with Crippen molar-refractivity contribution < 1.29 is 9.47 Å². The van der Waals surface area contributed by atoms with Gasteiger partial charge in [-0.1, -0.05) is 13.8 Å². The van der Waals surface area contributed by atoms with E-state index < -0.39 is 0 Å². The highest BCUT2D eigenvalue weighted by molar-refractivity contribution is 5.42. The third-order valence-electron chi connectivity index (χ3n) is 3.93. The van der Waals surface area contributed by atoms with Crippen molar-refractivity contribution in [2.75, 3.05) is 27.3 Å². The van der Waals surface area contributed by atoms with Crippen molar-refractivity contribution >= 4 is 0 Å². The number of benzene rings is 1. The topological polar surface area (TPSA) is 47.7 Å². The lowest BCUT2D eigenvalue weighted by molar-refractivity contribution is 0.219. The molecule has 4 nitrogen and oxygen atoms in total. The third kappa shape index (κ3) is 4.35. The van der Waals surface area contributed by atoms with E-state index in [1.165, 1.54) is 12.8 Å². The highest BCUT2D eigenvalue weighted by Crippen LogP contribution is 2.32. The fraction of sp³-hybridized carbons (Fsp3) is 0.647. The SMILES string of the molecule is COc1ccc(OC)c(C(N)CN(CC(C)C)C2CC2)c1. The molecule has 1 fully saturated rings. The molecule has 0 heterocycles. The summed E-state index contributed by atoms with van der Waals surface area (Å²) < 4.78 is 10.8. The number of hydrogen-bond acceptors (Lipinski definition) is 4. The molecule has 0 saturated heterocycles. The molecule has 1 aliphatic rings. The third-order valence-corrected chi connectivity index (χ3v) is 3.93. The van der Waals surface area contributed by atoms with Gasteiger partial charge in [0.2, 0.25) is 0 Å². The van der Waals surface area contributed by atoms with Crippen LogP contribution in [-0.4, -0.2) is 38.3 Å². The first-order valence-electron chi connectivity index (χ1n) is 7.76. The standard InChI is InChI=1S/C17H28N2O2/c1-12(2)10-19(13-5-6-13)11-16(18)15-9-14(20-3)7-8-17(15)21-4/h7-9,12-13,16H,5-6,10-11,18H2,1-4H3. The molecule has 1 aliphatic carbocycles.